The van der Waals surface area contributed by atoms with Gasteiger partial charge < -0.3 is 4.84 Å². The third-order valence-electron chi connectivity index (χ3n) is 4.00. The van der Waals surface area contributed by atoms with Gasteiger partial charge in [0.15, 0.2) is 5.78 Å². The molecule has 2 saturated carbocycles. The average Bonchev–Trinajstić information content (AvgIpc) is 2.96. The molecule has 2 atom stereocenters. The van der Waals surface area contributed by atoms with Crippen LogP contribution in [0.25, 0.3) is 0 Å². The highest BCUT2D eigenvalue weighted by molar-refractivity contribution is 5.98. The average molecular weight is 221 g/mol. The number of hydrogen-bond donors (Lipinski definition) is 1. The Morgan fingerprint density at radius 2 is 2.19 bits per heavy atom. The van der Waals surface area contributed by atoms with Gasteiger partial charge in [-0.25, -0.2) is 0 Å². The quantitative estimate of drug-likeness (QED) is 0.795. The summed E-state index contributed by atoms with van der Waals surface area (Å²) in [5.74, 6) is 2.70. The number of nitrogens with one attached hydrogen (secondary N) is 1. The van der Waals surface area contributed by atoms with E-state index in [-0.39, 0.29) is 6.04 Å². The molecule has 3 heteroatoms. The van der Waals surface area contributed by atoms with E-state index in [1.807, 2.05) is 6.92 Å². The Balaban J connectivity index is 1.72. The number of hydrogen-bond acceptors (Lipinski definition) is 3. The van der Waals surface area contributed by atoms with Gasteiger partial charge in [-0.05, 0) is 24.7 Å². The highest BCUT2D eigenvalue weighted by Crippen LogP contribution is 2.41. The fourth-order valence-electron chi connectivity index (χ4n) is 3.02. The number of carbonyl (C=O) groups is 1. The van der Waals surface area contributed by atoms with E-state index in [4.69, 9.17) is 4.84 Å². The lowest BCUT2D eigenvalue weighted by Crippen LogP contribution is -2.35. The molecule has 88 valence electrons. The fraction of sp³-hybridized carbons (Fsp3) is 0.769. The minimum absolute atomic E-state index is 0.181. The van der Waals surface area contributed by atoms with Gasteiger partial charge in [-0.15, -0.1) is 5.48 Å². The monoisotopic (exact) mass is 221 g/mol. The molecule has 1 heterocycles. The first kappa shape index (κ1) is 10.3. The summed E-state index contributed by atoms with van der Waals surface area (Å²) in [6, 6.07) is 0.181. The van der Waals surface area contributed by atoms with Crippen molar-refractivity contribution in [3.63, 3.8) is 0 Å². The van der Waals surface area contributed by atoms with Gasteiger partial charge in [-0.3, -0.25) is 4.79 Å². The fourth-order valence-corrected chi connectivity index (χ4v) is 3.02. The van der Waals surface area contributed by atoms with Crippen LogP contribution >= 0.6 is 0 Å². The maximum Gasteiger partial charge on any atom is 0.164 e. The molecular weight excluding hydrogens is 202 g/mol. The Labute approximate surface area is 96.2 Å². The van der Waals surface area contributed by atoms with Crippen molar-refractivity contribution >= 4 is 5.78 Å². The summed E-state index contributed by atoms with van der Waals surface area (Å²) in [6.45, 7) is 2.04. The second-order valence-corrected chi connectivity index (χ2v) is 5.37. The Bertz CT molecular complexity index is 344. The van der Waals surface area contributed by atoms with E-state index in [9.17, 15) is 4.79 Å². The van der Waals surface area contributed by atoms with E-state index < -0.39 is 0 Å². The summed E-state index contributed by atoms with van der Waals surface area (Å²) in [4.78, 5) is 17.5. The van der Waals surface area contributed by atoms with Crippen molar-refractivity contribution < 1.29 is 9.63 Å². The predicted molar refractivity (Wildman–Crippen MR) is 60.4 cm³/mol. The molecule has 0 aromatic heterocycles. The summed E-state index contributed by atoms with van der Waals surface area (Å²) in [6.07, 6.45) is 6.65. The zero-order valence-corrected chi connectivity index (χ0v) is 9.79. The van der Waals surface area contributed by atoms with Crippen molar-refractivity contribution in [1.82, 2.24) is 5.48 Å². The minimum Gasteiger partial charge on any atom is -0.412 e. The van der Waals surface area contributed by atoms with Crippen LogP contribution in [0.4, 0.5) is 0 Å². The van der Waals surface area contributed by atoms with Gasteiger partial charge in [0.25, 0.3) is 0 Å². The molecule has 1 aliphatic heterocycles. The van der Waals surface area contributed by atoms with Gasteiger partial charge >= 0.3 is 0 Å². The molecule has 16 heavy (non-hydrogen) atoms. The molecule has 3 aliphatic rings. The predicted octanol–water partition coefficient (Wildman–Crippen LogP) is 2.33. The lowest BCUT2D eigenvalue weighted by molar-refractivity contribution is -0.118. The number of hydroxylamine groups is 1. The summed E-state index contributed by atoms with van der Waals surface area (Å²) in [7, 11) is 0. The normalized spacial score (nSPS) is 33.9. The molecule has 0 aromatic carbocycles. The highest BCUT2D eigenvalue weighted by Gasteiger charge is 2.40. The summed E-state index contributed by atoms with van der Waals surface area (Å²) >= 11 is 0. The lowest BCUT2D eigenvalue weighted by Gasteiger charge is -2.26. The van der Waals surface area contributed by atoms with E-state index >= 15 is 0 Å². The topological polar surface area (TPSA) is 38.3 Å². The lowest BCUT2D eigenvalue weighted by atomic mass is 9.79. The standard InChI is InChI=1S/C13H19NO2/c1-2-12-13-10(14-16-12)6-9(7-11(13)15)5-8-3-4-8/h8-10,14H,2-7H2,1H3/t9-,10?/m1/s1. The SMILES string of the molecule is CCC1=C2C(=O)C[C@H](CC3CC3)CC2NO1. The molecule has 0 radical (unpaired) electrons. The molecular formula is C13H19NO2. The molecule has 0 bridgehead atoms. The van der Waals surface area contributed by atoms with Crippen molar-refractivity contribution in [2.75, 3.05) is 0 Å². The molecule has 0 saturated heterocycles. The van der Waals surface area contributed by atoms with Crippen LogP contribution in [0.15, 0.2) is 11.3 Å². The molecule has 3 nitrogen and oxygen atoms in total. The molecule has 1 N–H and O–H groups in total. The first-order valence-corrected chi connectivity index (χ1v) is 6.46. The van der Waals surface area contributed by atoms with Crippen LogP contribution in [-0.2, 0) is 9.63 Å². The minimum atomic E-state index is 0.181. The van der Waals surface area contributed by atoms with E-state index in [1.165, 1.54) is 19.3 Å². The van der Waals surface area contributed by atoms with Gasteiger partial charge in [-0.1, -0.05) is 19.8 Å². The number of fused-ring (bicyclic) bond motifs is 1. The van der Waals surface area contributed by atoms with E-state index in [2.05, 4.69) is 5.48 Å². The molecule has 3 rings (SSSR count). The number of rotatable bonds is 3. The van der Waals surface area contributed by atoms with Crippen molar-refractivity contribution in [1.29, 1.82) is 0 Å². The maximum absolute atomic E-state index is 12.1. The van der Waals surface area contributed by atoms with Crippen molar-refractivity contribution in [2.45, 2.75) is 51.5 Å². The van der Waals surface area contributed by atoms with Crippen LogP contribution in [0.2, 0.25) is 0 Å². The van der Waals surface area contributed by atoms with E-state index in [0.717, 1.165) is 36.5 Å². The molecule has 1 unspecified atom stereocenters. The number of allylic oxidation sites excluding steroid dienone is 1. The van der Waals surface area contributed by atoms with Gasteiger partial charge in [0.2, 0.25) is 0 Å². The third kappa shape index (κ3) is 1.77. The first-order chi connectivity index (χ1) is 7.78. The molecule has 2 aliphatic carbocycles. The Hall–Kier alpha value is -0.830. The summed E-state index contributed by atoms with van der Waals surface area (Å²) in [5.41, 5.74) is 3.96. The number of ketones is 1. The Morgan fingerprint density at radius 1 is 1.38 bits per heavy atom. The highest BCUT2D eigenvalue weighted by atomic mass is 16.7. The zero-order valence-electron chi connectivity index (χ0n) is 9.79. The Morgan fingerprint density at radius 3 is 2.88 bits per heavy atom. The largest absolute Gasteiger partial charge is 0.412 e. The van der Waals surface area contributed by atoms with Crippen molar-refractivity contribution in [3.8, 4) is 0 Å². The molecule has 0 spiro atoms. The second-order valence-electron chi connectivity index (χ2n) is 5.37. The maximum atomic E-state index is 12.1. The van der Waals surface area contributed by atoms with Crippen molar-refractivity contribution in [3.05, 3.63) is 11.3 Å². The van der Waals surface area contributed by atoms with Crippen LogP contribution < -0.4 is 5.48 Å². The number of carbonyl (C=O) groups excluding carboxylic acids is 1. The first-order valence-electron chi connectivity index (χ1n) is 6.46. The molecule has 0 aromatic rings. The van der Waals surface area contributed by atoms with Crippen LogP contribution in [0, 0.1) is 11.8 Å². The second kappa shape index (κ2) is 3.88. The molecule has 2 fully saturated rings. The summed E-state index contributed by atoms with van der Waals surface area (Å²) < 4.78 is 0. The van der Waals surface area contributed by atoms with Gasteiger partial charge in [0.1, 0.15) is 5.76 Å². The van der Waals surface area contributed by atoms with Gasteiger partial charge in [-0.2, -0.15) is 0 Å². The van der Waals surface area contributed by atoms with Crippen LogP contribution in [-0.4, -0.2) is 11.8 Å². The van der Waals surface area contributed by atoms with E-state index in [1.54, 1.807) is 0 Å². The van der Waals surface area contributed by atoms with Gasteiger partial charge in [0.05, 0.1) is 11.6 Å². The Kier molecular flexibility index (Phi) is 2.51. The van der Waals surface area contributed by atoms with Gasteiger partial charge in [0, 0.05) is 12.8 Å². The summed E-state index contributed by atoms with van der Waals surface area (Å²) in [5, 5.41) is 0. The third-order valence-corrected chi connectivity index (χ3v) is 4.00. The van der Waals surface area contributed by atoms with Crippen LogP contribution in [0.1, 0.15) is 45.4 Å². The number of Topliss-reactive ketones (excluding diaryl/α,β-unsaturated/α-hetero) is 1. The zero-order chi connectivity index (χ0) is 11.1. The van der Waals surface area contributed by atoms with Crippen LogP contribution in [0.5, 0.6) is 0 Å². The van der Waals surface area contributed by atoms with E-state index in [0.29, 0.717) is 11.7 Å². The van der Waals surface area contributed by atoms with Crippen molar-refractivity contribution in [2.24, 2.45) is 11.8 Å². The molecule has 0 amide bonds. The van der Waals surface area contributed by atoms with Crippen LogP contribution in [0.3, 0.4) is 0 Å². The smallest absolute Gasteiger partial charge is 0.164 e.